The van der Waals surface area contributed by atoms with Crippen molar-refractivity contribution in [3.8, 4) is 5.75 Å². The molecule has 1 saturated carbocycles. The number of nitrogens with zero attached hydrogens (tertiary/aromatic N) is 2. The predicted molar refractivity (Wildman–Crippen MR) is 184 cm³/mol. The van der Waals surface area contributed by atoms with Crippen LogP contribution in [-0.2, 0) is 32.6 Å². The van der Waals surface area contributed by atoms with Gasteiger partial charge >= 0.3 is 0 Å². The molecule has 0 heterocycles. The van der Waals surface area contributed by atoms with E-state index in [0.717, 1.165) is 42.0 Å². The molecule has 1 atom stereocenters. The third kappa shape index (κ3) is 8.60. The van der Waals surface area contributed by atoms with Crippen LogP contribution in [0.15, 0.2) is 114 Å². The van der Waals surface area contributed by atoms with Crippen LogP contribution >= 0.6 is 0 Å². The van der Waals surface area contributed by atoms with Gasteiger partial charge in [0.05, 0.1) is 17.2 Å². The topological polar surface area (TPSA) is 96.0 Å². The molecule has 1 unspecified atom stereocenters. The van der Waals surface area contributed by atoms with E-state index in [4.69, 9.17) is 4.74 Å². The van der Waals surface area contributed by atoms with Crippen molar-refractivity contribution in [2.45, 2.75) is 69.0 Å². The number of para-hydroxylation sites is 2. The van der Waals surface area contributed by atoms with Crippen molar-refractivity contribution in [3.63, 3.8) is 0 Å². The average molecular weight is 672 g/mol. The van der Waals surface area contributed by atoms with Crippen molar-refractivity contribution >= 4 is 27.5 Å². The van der Waals surface area contributed by atoms with Gasteiger partial charge in [-0.2, -0.15) is 0 Å². The maximum atomic E-state index is 15.2. The summed E-state index contributed by atoms with van der Waals surface area (Å²) in [5.41, 5.74) is 1.19. The number of ether oxygens (including phenoxy) is 1. The Morgan fingerprint density at radius 2 is 1.48 bits per heavy atom. The molecule has 1 fully saturated rings. The largest absolute Gasteiger partial charge is 0.492 e. The lowest BCUT2D eigenvalue weighted by atomic mass is 9.94. The molecule has 48 heavy (non-hydrogen) atoms. The van der Waals surface area contributed by atoms with E-state index < -0.39 is 34.3 Å². The van der Waals surface area contributed by atoms with Crippen LogP contribution in [0.1, 0.15) is 50.2 Å². The fourth-order valence-corrected chi connectivity index (χ4v) is 7.53. The highest BCUT2D eigenvalue weighted by Crippen LogP contribution is 2.33. The maximum Gasteiger partial charge on any atom is 0.264 e. The summed E-state index contributed by atoms with van der Waals surface area (Å²) < 4.78 is 50.6. The van der Waals surface area contributed by atoms with Gasteiger partial charge in [-0.15, -0.1) is 0 Å². The number of anilines is 1. The zero-order valence-corrected chi connectivity index (χ0v) is 27.9. The van der Waals surface area contributed by atoms with Crippen molar-refractivity contribution < 1.29 is 27.1 Å². The number of carbonyl (C=O) groups is 2. The standard InChI is InChI=1S/C38H42FN3O5S/c1-2-47-36-25-15-14-24-34(36)42(48(45,46)32-21-10-5-11-22-32)28-37(43)41(27-30-18-12-13-23-33(30)39)35(26-29-16-6-3-7-17-29)38(44)40-31-19-8-4-9-20-31/h3,5-7,10-18,21-25,31,35H,2,4,8-9,19-20,26-28H2,1H3,(H,40,44). The average Bonchev–Trinajstić information content (AvgIpc) is 3.11. The van der Waals surface area contributed by atoms with Gasteiger partial charge in [-0.1, -0.05) is 98.1 Å². The molecule has 1 aliphatic carbocycles. The molecule has 0 radical (unpaired) electrons. The molecular weight excluding hydrogens is 629 g/mol. The monoisotopic (exact) mass is 671 g/mol. The van der Waals surface area contributed by atoms with Gasteiger partial charge in [-0.25, -0.2) is 12.8 Å². The molecular formula is C38H42FN3O5S. The molecule has 5 rings (SSSR count). The Bertz CT molecular complexity index is 1770. The van der Waals surface area contributed by atoms with Gasteiger partial charge in [0.15, 0.2) is 0 Å². The zero-order chi connectivity index (χ0) is 33.9. The van der Waals surface area contributed by atoms with Gasteiger partial charge in [-0.05, 0) is 55.7 Å². The van der Waals surface area contributed by atoms with Crippen molar-refractivity contribution in [2.75, 3.05) is 17.5 Å². The maximum absolute atomic E-state index is 15.2. The lowest BCUT2D eigenvalue weighted by Gasteiger charge is -2.35. The molecule has 8 nitrogen and oxygen atoms in total. The van der Waals surface area contributed by atoms with Gasteiger partial charge in [0.1, 0.15) is 24.2 Å². The normalized spacial score (nSPS) is 14.1. The van der Waals surface area contributed by atoms with Crippen LogP contribution in [0, 0.1) is 5.82 Å². The quantitative estimate of drug-likeness (QED) is 0.165. The fourth-order valence-electron chi connectivity index (χ4n) is 6.08. The number of sulfonamides is 1. The number of hydrogen-bond donors (Lipinski definition) is 1. The molecule has 1 aliphatic rings. The molecule has 2 amide bonds. The van der Waals surface area contributed by atoms with Crippen molar-refractivity contribution in [1.82, 2.24) is 10.2 Å². The lowest BCUT2D eigenvalue weighted by molar-refractivity contribution is -0.140. The summed E-state index contributed by atoms with van der Waals surface area (Å²) in [5.74, 6) is -1.27. The number of hydrogen-bond acceptors (Lipinski definition) is 5. The molecule has 0 spiro atoms. The molecule has 0 saturated heterocycles. The molecule has 10 heteroatoms. The molecule has 1 N–H and O–H groups in total. The molecule has 0 aliphatic heterocycles. The number of rotatable bonds is 14. The number of amides is 2. The Hall–Kier alpha value is -4.70. The van der Waals surface area contributed by atoms with E-state index in [-0.39, 0.29) is 53.4 Å². The molecule has 252 valence electrons. The van der Waals surface area contributed by atoms with E-state index >= 15 is 4.39 Å². The van der Waals surface area contributed by atoms with Crippen molar-refractivity contribution in [2.24, 2.45) is 0 Å². The molecule has 4 aromatic carbocycles. The van der Waals surface area contributed by atoms with Gasteiger partial charge in [0, 0.05) is 24.6 Å². The first-order valence-electron chi connectivity index (χ1n) is 16.4. The SMILES string of the molecule is CCOc1ccccc1N(CC(=O)N(Cc1ccccc1F)C(Cc1ccccc1)C(=O)NC1CCCCC1)S(=O)(=O)c1ccccc1. The van der Waals surface area contributed by atoms with Crippen LogP contribution in [0.2, 0.25) is 0 Å². The highest BCUT2D eigenvalue weighted by atomic mass is 32.2. The van der Waals surface area contributed by atoms with E-state index in [2.05, 4.69) is 5.32 Å². The highest BCUT2D eigenvalue weighted by molar-refractivity contribution is 7.92. The minimum absolute atomic E-state index is 0.0133. The first-order chi connectivity index (χ1) is 23.3. The van der Waals surface area contributed by atoms with Crippen LogP contribution in [0.4, 0.5) is 10.1 Å². The second-order valence-corrected chi connectivity index (χ2v) is 13.7. The lowest BCUT2D eigenvalue weighted by Crippen LogP contribution is -2.55. The van der Waals surface area contributed by atoms with Crippen LogP contribution in [0.3, 0.4) is 0 Å². The summed E-state index contributed by atoms with van der Waals surface area (Å²) in [6.07, 6.45) is 4.92. The Balaban J connectivity index is 1.59. The summed E-state index contributed by atoms with van der Waals surface area (Å²) in [6.45, 7) is 1.16. The predicted octanol–water partition coefficient (Wildman–Crippen LogP) is 6.51. The van der Waals surface area contributed by atoms with Crippen LogP contribution < -0.4 is 14.4 Å². The second kappa shape index (κ2) is 16.4. The van der Waals surface area contributed by atoms with Gasteiger partial charge < -0.3 is 15.0 Å². The summed E-state index contributed by atoms with van der Waals surface area (Å²) >= 11 is 0. The first-order valence-corrected chi connectivity index (χ1v) is 17.9. The molecule has 0 aromatic heterocycles. The number of halogens is 1. The summed E-state index contributed by atoms with van der Waals surface area (Å²) in [6, 6.07) is 28.8. The first kappa shape index (κ1) is 34.6. The minimum atomic E-state index is -4.30. The zero-order valence-electron chi connectivity index (χ0n) is 27.1. The van der Waals surface area contributed by atoms with E-state index in [1.807, 2.05) is 30.3 Å². The Morgan fingerprint density at radius 1 is 0.854 bits per heavy atom. The van der Waals surface area contributed by atoms with E-state index in [1.165, 1.54) is 23.1 Å². The van der Waals surface area contributed by atoms with E-state index in [9.17, 15) is 18.0 Å². The molecule has 4 aromatic rings. The number of benzene rings is 4. The van der Waals surface area contributed by atoms with E-state index in [1.54, 1.807) is 67.6 Å². The Kier molecular flexibility index (Phi) is 11.8. The summed E-state index contributed by atoms with van der Waals surface area (Å²) in [4.78, 5) is 30.2. The second-order valence-electron chi connectivity index (χ2n) is 11.9. The summed E-state index contributed by atoms with van der Waals surface area (Å²) in [5, 5.41) is 3.16. The third-order valence-electron chi connectivity index (χ3n) is 8.57. The van der Waals surface area contributed by atoms with Gasteiger partial charge in [-0.3, -0.25) is 13.9 Å². The minimum Gasteiger partial charge on any atom is -0.492 e. The number of nitrogens with one attached hydrogen (secondary N) is 1. The highest BCUT2D eigenvalue weighted by Gasteiger charge is 2.36. The Morgan fingerprint density at radius 3 is 2.17 bits per heavy atom. The fraction of sp³-hybridized carbons (Fsp3) is 0.316. The smallest absolute Gasteiger partial charge is 0.264 e. The van der Waals surface area contributed by atoms with Crippen LogP contribution in [-0.4, -0.2) is 50.4 Å². The Labute approximate surface area is 282 Å². The van der Waals surface area contributed by atoms with Crippen LogP contribution in [0.25, 0.3) is 0 Å². The van der Waals surface area contributed by atoms with Crippen molar-refractivity contribution in [3.05, 3.63) is 126 Å². The third-order valence-corrected chi connectivity index (χ3v) is 10.3. The summed E-state index contributed by atoms with van der Waals surface area (Å²) in [7, 11) is -4.30. The number of carbonyl (C=O) groups excluding carboxylic acids is 2. The van der Waals surface area contributed by atoms with Crippen molar-refractivity contribution in [1.29, 1.82) is 0 Å². The van der Waals surface area contributed by atoms with Gasteiger partial charge in [0.2, 0.25) is 11.8 Å². The van der Waals surface area contributed by atoms with Crippen LogP contribution in [0.5, 0.6) is 5.75 Å². The van der Waals surface area contributed by atoms with E-state index in [0.29, 0.717) is 0 Å². The molecule has 0 bridgehead atoms. The van der Waals surface area contributed by atoms with Gasteiger partial charge in [0.25, 0.3) is 10.0 Å².